The first kappa shape index (κ1) is 13.9. The first-order valence-corrected chi connectivity index (χ1v) is 8.54. The minimum absolute atomic E-state index is 0.0584. The molecule has 0 aromatic carbocycles. The van der Waals surface area contributed by atoms with E-state index in [0.29, 0.717) is 10.5 Å². The van der Waals surface area contributed by atoms with Crippen molar-refractivity contribution in [1.29, 1.82) is 0 Å². The maximum atomic E-state index is 12.3. The first-order valence-electron chi connectivity index (χ1n) is 6.63. The van der Waals surface area contributed by atoms with Gasteiger partial charge in [-0.3, -0.25) is 4.79 Å². The van der Waals surface area contributed by atoms with E-state index in [-0.39, 0.29) is 29.3 Å². The molecule has 0 aliphatic heterocycles. The van der Waals surface area contributed by atoms with Crippen molar-refractivity contribution in [3.8, 4) is 0 Å². The zero-order valence-corrected chi connectivity index (χ0v) is 13.4. The van der Waals surface area contributed by atoms with Crippen molar-refractivity contribution >= 4 is 45.6 Å². The second kappa shape index (κ2) is 5.06. The zero-order valence-electron chi connectivity index (χ0n) is 10.4. The van der Waals surface area contributed by atoms with Gasteiger partial charge in [-0.15, -0.1) is 0 Å². The van der Waals surface area contributed by atoms with Crippen LogP contribution in [0.2, 0.25) is 0 Å². The van der Waals surface area contributed by atoms with Gasteiger partial charge in [0.1, 0.15) is 10.7 Å². The maximum absolute atomic E-state index is 12.3. The molecule has 0 spiro atoms. The van der Waals surface area contributed by atoms with Crippen LogP contribution in [0.25, 0.3) is 0 Å². The fraction of sp³-hybridized carbons (Fsp3) is 0.846. The van der Waals surface area contributed by atoms with E-state index in [4.69, 9.17) is 21.1 Å². The number of hydrogen-bond donors (Lipinski definition) is 0. The Balaban J connectivity index is 1.80. The Hall–Kier alpha value is -0.0400. The fourth-order valence-electron chi connectivity index (χ4n) is 4.73. The average Bonchev–Trinajstić information content (AvgIpc) is 2.33. The summed E-state index contributed by atoms with van der Waals surface area (Å²) in [6, 6.07) is 0. The van der Waals surface area contributed by atoms with E-state index in [9.17, 15) is 9.59 Å². The predicted molar refractivity (Wildman–Crippen MR) is 77.1 cm³/mol. The van der Waals surface area contributed by atoms with Crippen molar-refractivity contribution in [2.24, 2.45) is 23.2 Å². The van der Waals surface area contributed by atoms with Crippen LogP contribution in [0, 0.1) is 23.2 Å². The molecule has 0 amide bonds. The highest BCUT2D eigenvalue weighted by Crippen LogP contribution is 2.61. The van der Waals surface area contributed by atoms with E-state index in [1.807, 2.05) is 0 Å². The highest BCUT2D eigenvalue weighted by molar-refractivity contribution is 14.1. The normalized spacial score (nSPS) is 43.1. The van der Waals surface area contributed by atoms with Crippen molar-refractivity contribution in [1.82, 2.24) is 0 Å². The third-order valence-electron chi connectivity index (χ3n) is 5.03. The lowest BCUT2D eigenvalue weighted by Crippen LogP contribution is -2.57. The summed E-state index contributed by atoms with van der Waals surface area (Å²) in [5.74, 6) is 1.06. The fourth-order valence-corrected chi connectivity index (χ4v) is 5.12. The molecule has 0 N–H and O–H groups in total. The second-order valence-corrected chi connectivity index (χ2v) is 7.04. The van der Waals surface area contributed by atoms with Gasteiger partial charge >= 0.3 is 11.4 Å². The molecule has 2 unspecified atom stereocenters. The van der Waals surface area contributed by atoms with Gasteiger partial charge in [-0.05, 0) is 72.4 Å². The maximum Gasteiger partial charge on any atom is 0.404 e. The molecule has 4 fully saturated rings. The molecule has 0 aromatic heterocycles. The summed E-state index contributed by atoms with van der Waals surface area (Å²) >= 11 is 7.42. The lowest BCUT2D eigenvalue weighted by molar-refractivity contribution is -0.181. The van der Waals surface area contributed by atoms with Crippen LogP contribution in [0.15, 0.2) is 0 Å². The van der Waals surface area contributed by atoms with Crippen LogP contribution in [0.3, 0.4) is 0 Å². The van der Waals surface area contributed by atoms with Crippen molar-refractivity contribution in [2.45, 2.75) is 38.2 Å². The standard InChI is InChI=1S/C13H16ClIO4/c14-12(17)19-10-8-1-7-2-9(10)5-13(3-7,4-8)11(16)18-6-15/h7-10H,1-6H2. The minimum atomic E-state index is -0.721. The lowest BCUT2D eigenvalue weighted by atomic mass is 9.48. The van der Waals surface area contributed by atoms with E-state index in [1.54, 1.807) is 0 Å². The summed E-state index contributed by atoms with van der Waals surface area (Å²) in [6.45, 7) is 0. The van der Waals surface area contributed by atoms with Gasteiger partial charge in [0.25, 0.3) is 0 Å². The van der Waals surface area contributed by atoms with Crippen LogP contribution in [0.1, 0.15) is 32.1 Å². The van der Waals surface area contributed by atoms with Gasteiger partial charge in [-0.1, -0.05) is 0 Å². The molecule has 6 heteroatoms. The molecular formula is C13H16ClIO4. The summed E-state index contributed by atoms with van der Waals surface area (Å²) in [6.07, 6.45) is 4.50. The third kappa shape index (κ3) is 2.37. The Bertz CT molecular complexity index is 397. The van der Waals surface area contributed by atoms with Crippen molar-refractivity contribution in [3.05, 3.63) is 0 Å². The predicted octanol–water partition coefficient (Wildman–Crippen LogP) is 3.49. The molecule has 0 radical (unpaired) electrons. The lowest BCUT2D eigenvalue weighted by Gasteiger charge is -2.57. The van der Waals surface area contributed by atoms with Gasteiger partial charge in [-0.25, -0.2) is 4.79 Å². The molecule has 4 bridgehead atoms. The van der Waals surface area contributed by atoms with E-state index in [2.05, 4.69) is 22.6 Å². The Morgan fingerprint density at radius 3 is 2.37 bits per heavy atom. The van der Waals surface area contributed by atoms with Crippen molar-refractivity contribution in [3.63, 3.8) is 0 Å². The SMILES string of the molecule is O=C(Cl)OC1C2CC3CC1CC(C(=O)OCI)(C3)C2. The van der Waals surface area contributed by atoms with E-state index in [0.717, 1.165) is 32.1 Å². The smallest absolute Gasteiger partial charge is 0.404 e. The van der Waals surface area contributed by atoms with Gasteiger partial charge in [0, 0.05) is 11.6 Å². The van der Waals surface area contributed by atoms with Gasteiger partial charge in [-0.2, -0.15) is 0 Å². The number of halogens is 2. The number of hydrogen-bond acceptors (Lipinski definition) is 4. The van der Waals surface area contributed by atoms with Crippen LogP contribution < -0.4 is 0 Å². The highest BCUT2D eigenvalue weighted by atomic mass is 127. The van der Waals surface area contributed by atoms with Crippen LogP contribution in [-0.2, 0) is 14.3 Å². The summed E-state index contributed by atoms with van der Waals surface area (Å²) in [5.41, 5.74) is -1.04. The summed E-state index contributed by atoms with van der Waals surface area (Å²) in [4.78, 5) is 23.3. The molecule has 4 nitrogen and oxygen atoms in total. The van der Waals surface area contributed by atoms with E-state index < -0.39 is 5.43 Å². The van der Waals surface area contributed by atoms with Crippen molar-refractivity contribution < 1.29 is 19.1 Å². The second-order valence-electron chi connectivity index (χ2n) is 6.11. The van der Waals surface area contributed by atoms with Crippen molar-refractivity contribution in [2.75, 3.05) is 4.61 Å². The van der Waals surface area contributed by atoms with Crippen LogP contribution in [0.4, 0.5) is 4.79 Å². The average molecular weight is 399 g/mol. The number of alkyl halides is 1. The first-order chi connectivity index (χ1) is 9.04. The van der Waals surface area contributed by atoms with E-state index in [1.165, 1.54) is 0 Å². The molecule has 106 valence electrons. The summed E-state index contributed by atoms with van der Waals surface area (Å²) in [7, 11) is 0. The van der Waals surface area contributed by atoms with Gasteiger partial charge in [0.05, 0.1) is 5.41 Å². The molecule has 19 heavy (non-hydrogen) atoms. The van der Waals surface area contributed by atoms with Crippen LogP contribution in [0.5, 0.6) is 0 Å². The zero-order chi connectivity index (χ0) is 13.6. The van der Waals surface area contributed by atoms with Gasteiger partial charge in [0.15, 0.2) is 0 Å². The quantitative estimate of drug-likeness (QED) is 0.316. The number of carbonyl (C=O) groups excluding carboxylic acids is 2. The molecule has 0 saturated heterocycles. The minimum Gasteiger partial charge on any atom is -0.455 e. The summed E-state index contributed by atoms with van der Waals surface area (Å²) in [5, 5.41) is 0. The molecule has 4 aliphatic rings. The number of carbonyl (C=O) groups is 2. The van der Waals surface area contributed by atoms with Gasteiger partial charge < -0.3 is 9.47 Å². The molecule has 2 atom stereocenters. The van der Waals surface area contributed by atoms with Gasteiger partial charge in [0.2, 0.25) is 0 Å². The summed E-state index contributed by atoms with van der Waals surface area (Å²) < 4.78 is 10.9. The largest absolute Gasteiger partial charge is 0.455 e. The Morgan fingerprint density at radius 1 is 1.21 bits per heavy atom. The number of ether oxygens (including phenoxy) is 2. The molecule has 4 rings (SSSR count). The highest BCUT2D eigenvalue weighted by Gasteiger charge is 2.60. The van der Waals surface area contributed by atoms with Crippen LogP contribution >= 0.6 is 34.2 Å². The topological polar surface area (TPSA) is 52.6 Å². The third-order valence-corrected chi connectivity index (χ3v) is 5.43. The number of esters is 1. The Kier molecular flexibility index (Phi) is 3.71. The monoisotopic (exact) mass is 398 g/mol. The molecule has 4 aliphatic carbocycles. The number of rotatable bonds is 3. The molecule has 0 heterocycles. The van der Waals surface area contributed by atoms with Crippen LogP contribution in [-0.4, -0.2) is 22.1 Å². The molecule has 0 aromatic rings. The molecule has 4 saturated carbocycles. The van der Waals surface area contributed by atoms with E-state index >= 15 is 0 Å². The Labute approximate surface area is 130 Å². The Morgan fingerprint density at radius 2 is 1.84 bits per heavy atom. The molecular weight excluding hydrogens is 382 g/mol.